The number of halogens is 24. The van der Waals surface area contributed by atoms with Crippen molar-refractivity contribution in [3.05, 3.63) is 244 Å². The molecule has 0 saturated carbocycles. The molecule has 0 amide bonds. The van der Waals surface area contributed by atoms with E-state index in [2.05, 4.69) is 120 Å². The Morgan fingerprint density at radius 3 is 0.921 bits per heavy atom. The van der Waals surface area contributed by atoms with Gasteiger partial charge in [0.05, 0.1) is 49.9 Å². The number of benzene rings is 9. The minimum absolute atomic E-state index is 0.691. The molecule has 0 bridgehead atoms. The number of hydrogen-bond acceptors (Lipinski definition) is 1. The molecular formula is C62H34BF24NO. The van der Waals surface area contributed by atoms with Crippen molar-refractivity contribution in [1.82, 2.24) is 0 Å². The molecule has 0 aliphatic rings. The number of alkyl halides is 24. The summed E-state index contributed by atoms with van der Waals surface area (Å²) in [7, 11) is 0. The molecule has 0 N–H and O–H groups in total. The monoisotopic (exact) mass is 1280 g/mol. The summed E-state index contributed by atoms with van der Waals surface area (Å²) in [5, 5.41) is 7.00. The summed E-state index contributed by atoms with van der Waals surface area (Å²) in [4.78, 5) is 0. The van der Waals surface area contributed by atoms with E-state index in [1.165, 1.54) is 21.7 Å². The van der Waals surface area contributed by atoms with Crippen LogP contribution in [0.5, 0.6) is 11.6 Å². The molecule has 10 aromatic rings. The third-order valence-corrected chi connectivity index (χ3v) is 14.5. The molecule has 2 nitrogen and oxygen atoms in total. The van der Waals surface area contributed by atoms with Gasteiger partial charge in [-0.15, -0.1) is 0 Å². The second kappa shape index (κ2) is 22.9. The lowest BCUT2D eigenvalue weighted by Crippen LogP contribution is -2.75. The van der Waals surface area contributed by atoms with E-state index in [0.29, 0.717) is 0 Å². The normalized spacial score (nSPS) is 13.2. The molecule has 9 aromatic carbocycles. The minimum atomic E-state index is -6.13. The number of hydrogen-bond donors (Lipinski definition) is 0. The highest BCUT2D eigenvalue weighted by molar-refractivity contribution is 7.20. The zero-order chi connectivity index (χ0) is 65.2. The van der Waals surface area contributed by atoms with Crippen LogP contribution >= 0.6 is 0 Å². The predicted molar refractivity (Wildman–Crippen MR) is 281 cm³/mol. The van der Waals surface area contributed by atoms with Crippen LogP contribution in [0.2, 0.25) is 0 Å². The Balaban J connectivity index is 0.000000245. The summed E-state index contributed by atoms with van der Waals surface area (Å²) >= 11 is 0. The van der Waals surface area contributed by atoms with Gasteiger partial charge in [0.1, 0.15) is 11.9 Å². The topological polar surface area (TPSA) is 13.1 Å². The highest BCUT2D eigenvalue weighted by atomic mass is 19.4. The van der Waals surface area contributed by atoms with Crippen molar-refractivity contribution in [3.63, 3.8) is 0 Å². The largest absolute Gasteiger partial charge is 0.416 e. The van der Waals surface area contributed by atoms with Crippen LogP contribution in [-0.4, -0.2) is 6.15 Å². The summed E-state index contributed by atoms with van der Waals surface area (Å²) in [6.07, 6.45) is -52.7. The van der Waals surface area contributed by atoms with Gasteiger partial charge in [-0.25, -0.2) is 0 Å². The summed E-state index contributed by atoms with van der Waals surface area (Å²) in [5.74, 6) is 1.73. The van der Waals surface area contributed by atoms with Gasteiger partial charge in [-0.05, 0) is 57.9 Å². The van der Waals surface area contributed by atoms with Crippen LogP contribution in [0, 0.1) is 0 Å². The van der Waals surface area contributed by atoms with Crippen molar-refractivity contribution in [3.8, 4) is 11.6 Å². The number of ether oxygens (including phenoxy) is 1. The molecule has 0 radical (unpaired) electrons. The number of fused-ring (bicyclic) bond motifs is 4. The number of rotatable bonds is 8. The number of nitrogens with zero attached hydrogens (tertiary/aromatic N) is 1. The van der Waals surface area contributed by atoms with Crippen molar-refractivity contribution < 1.29 is 115 Å². The lowest BCUT2D eigenvalue weighted by molar-refractivity contribution is -0.690. The Bertz CT molecular complexity index is 3830. The molecule has 1 aromatic heterocycles. The molecule has 27 heteroatoms. The van der Waals surface area contributed by atoms with E-state index in [4.69, 9.17) is 4.74 Å². The summed E-state index contributed by atoms with van der Waals surface area (Å²) in [5.41, 5.74) is -29.0. The van der Waals surface area contributed by atoms with Crippen molar-refractivity contribution in [2.45, 2.75) is 56.0 Å². The second-order valence-electron chi connectivity index (χ2n) is 20.3. The second-order valence-corrected chi connectivity index (χ2v) is 20.3. The van der Waals surface area contributed by atoms with Gasteiger partial charge in [-0.1, -0.05) is 146 Å². The Kier molecular flexibility index (Phi) is 16.6. The lowest BCUT2D eigenvalue weighted by atomic mass is 9.12. The van der Waals surface area contributed by atoms with Crippen LogP contribution in [0.25, 0.3) is 32.3 Å². The van der Waals surface area contributed by atoms with Crippen LogP contribution in [0.3, 0.4) is 0 Å². The van der Waals surface area contributed by atoms with E-state index in [1.807, 2.05) is 6.07 Å². The van der Waals surface area contributed by atoms with Gasteiger partial charge in [0, 0.05) is 17.0 Å². The lowest BCUT2D eigenvalue weighted by Gasteiger charge is -2.46. The van der Waals surface area contributed by atoms with Gasteiger partial charge in [0.25, 0.3) is 0 Å². The van der Waals surface area contributed by atoms with Gasteiger partial charge in [-0.3, -0.25) is 0 Å². The van der Waals surface area contributed by atoms with Crippen LogP contribution in [0.4, 0.5) is 105 Å². The first-order valence-corrected chi connectivity index (χ1v) is 25.5. The average Bonchev–Trinajstić information content (AvgIpc) is 0.772. The van der Waals surface area contributed by atoms with Crippen LogP contribution < -0.4 is 31.2 Å². The van der Waals surface area contributed by atoms with E-state index < -0.39 is 195 Å². The van der Waals surface area contributed by atoms with E-state index in [9.17, 15) is 105 Å². The molecule has 0 atom stereocenters. The first-order chi connectivity index (χ1) is 41.1. The van der Waals surface area contributed by atoms with Gasteiger partial charge < -0.3 is 4.74 Å². The molecule has 464 valence electrons. The van der Waals surface area contributed by atoms with Crippen molar-refractivity contribution in [2.75, 3.05) is 0 Å². The summed E-state index contributed by atoms with van der Waals surface area (Å²) in [6, 6.07) is 31.4. The molecular weight excluding hydrogens is 1240 g/mol. The highest BCUT2D eigenvalue weighted by Crippen LogP contribution is 2.43. The molecule has 1 heterocycles. The molecule has 10 rings (SSSR count). The maximum absolute atomic E-state index is 14.2. The fourth-order valence-corrected chi connectivity index (χ4v) is 10.5. The summed E-state index contributed by atoms with van der Waals surface area (Å²) in [6.45, 7) is 0.743. The van der Waals surface area contributed by atoms with Crippen molar-refractivity contribution in [1.29, 1.82) is 0 Å². The summed E-state index contributed by atoms with van der Waals surface area (Å²) < 4.78 is 350. The van der Waals surface area contributed by atoms with Gasteiger partial charge >= 0.3 is 55.3 Å². The third-order valence-electron chi connectivity index (χ3n) is 14.5. The minimum Gasteiger partial charge on any atom is -0.404 e. The Morgan fingerprint density at radius 2 is 0.573 bits per heavy atom. The Labute approximate surface area is 485 Å². The zero-order valence-corrected chi connectivity index (χ0v) is 44.2. The predicted octanol–water partition coefficient (Wildman–Crippen LogP) is 18.5. The average molecular weight is 1280 g/mol. The SMILES string of the molecule is FC(F)(F)c1cc([B-](c2cc(C(F)(F)F)cc(C(F)(F)F)c2)(c2cc(C(F)(F)F)cc(C(F)(F)F)c2)c2cc(C(F)(F)F)cc(C(F)(F)F)c2)cc(C(F)(F)F)c1.c1ccc(C[n+]2ccc3ccccc3c2Oc2cc3ccccc3c3ccccc23)cc1. The Hall–Kier alpha value is -8.91. The number of aromatic nitrogens is 1. The van der Waals surface area contributed by atoms with E-state index in [-0.39, 0.29) is 0 Å². The molecule has 0 aliphatic heterocycles. The first-order valence-electron chi connectivity index (χ1n) is 25.5. The maximum atomic E-state index is 14.2. The van der Waals surface area contributed by atoms with Crippen LogP contribution in [-0.2, 0) is 56.0 Å². The van der Waals surface area contributed by atoms with E-state index in [0.717, 1.165) is 34.3 Å². The van der Waals surface area contributed by atoms with Crippen LogP contribution in [0.1, 0.15) is 50.1 Å². The first kappa shape index (κ1) is 64.6. The molecule has 0 fully saturated rings. The smallest absolute Gasteiger partial charge is 0.404 e. The maximum Gasteiger partial charge on any atom is 0.416 e. The molecule has 0 saturated heterocycles. The fraction of sp³-hybridized carbons (Fsp3) is 0.145. The van der Waals surface area contributed by atoms with Crippen LogP contribution in [0.15, 0.2) is 194 Å². The quantitative estimate of drug-likeness (QED) is 0.0640. The Morgan fingerprint density at radius 1 is 0.281 bits per heavy atom. The molecule has 0 aliphatic carbocycles. The van der Waals surface area contributed by atoms with E-state index >= 15 is 0 Å². The highest BCUT2D eigenvalue weighted by Gasteiger charge is 2.47. The molecule has 89 heavy (non-hydrogen) atoms. The van der Waals surface area contributed by atoms with Crippen molar-refractivity contribution >= 4 is 60.3 Å². The third kappa shape index (κ3) is 13.7. The molecule has 0 spiro atoms. The molecule has 0 unspecified atom stereocenters. The van der Waals surface area contributed by atoms with Gasteiger partial charge in [0.2, 0.25) is 0 Å². The fourth-order valence-electron chi connectivity index (χ4n) is 10.5. The zero-order valence-electron chi connectivity index (χ0n) is 44.2. The standard InChI is InChI=1S/C32H12BF24.C30H22NO/c34-25(35,36)13-1-14(26(37,38)39)6-21(5-13)33(22-7-15(27(40,41)42)2-16(8-22)28(43,44)45,23-9-17(29(46,47)48)3-18(10-23)30(49,50)51)24-11-19(31(52,53)54)4-20(12-24)32(55,56)57;1-2-10-22(11-3-1)21-31-19-18-23-12-4-7-15-26(23)30(31)32-29-20-24-13-5-6-14-25(24)27-16-8-9-17-28(27)29/h1-12H;1-20H,21H2/q-1;+1. The van der Waals surface area contributed by atoms with Gasteiger partial charge in [0.15, 0.2) is 12.7 Å². The van der Waals surface area contributed by atoms with E-state index in [1.54, 1.807) is 0 Å². The van der Waals surface area contributed by atoms with Crippen molar-refractivity contribution in [2.24, 2.45) is 0 Å². The van der Waals surface area contributed by atoms with Gasteiger partial charge in [-0.2, -0.15) is 132 Å². The number of pyridine rings is 1.